The maximum absolute atomic E-state index is 13.6. The van der Waals surface area contributed by atoms with Gasteiger partial charge in [-0.3, -0.25) is 0 Å². The summed E-state index contributed by atoms with van der Waals surface area (Å²) in [4.78, 5) is 0. The first-order chi connectivity index (χ1) is 6.83. The predicted octanol–water partition coefficient (Wildman–Crippen LogP) is 2.68. The Kier molecular flexibility index (Phi) is 4.36. The number of halogens is 2. The van der Waals surface area contributed by atoms with Crippen LogP contribution in [0.3, 0.4) is 0 Å². The normalized spacial score (nSPS) is 19.7. The standard InChI is InChI=1S/C11H14FNO.ClH/c1-14-10-6-2-4-8(12)11(10)9-5-3-7-13-9;/h2,4,6,9,13H,3,5,7H2,1H3;1H/t9-;/m0./s1. The molecule has 1 saturated heterocycles. The van der Waals surface area contributed by atoms with Crippen LogP contribution in [0.1, 0.15) is 24.4 Å². The minimum atomic E-state index is -0.177. The molecule has 0 radical (unpaired) electrons. The molecule has 1 heterocycles. The van der Waals surface area contributed by atoms with Gasteiger partial charge in [0.25, 0.3) is 0 Å². The third-order valence-corrected chi connectivity index (χ3v) is 2.64. The molecule has 15 heavy (non-hydrogen) atoms. The lowest BCUT2D eigenvalue weighted by molar-refractivity contribution is 0.396. The number of rotatable bonds is 2. The van der Waals surface area contributed by atoms with Gasteiger partial charge in [-0.15, -0.1) is 12.4 Å². The van der Waals surface area contributed by atoms with Crippen LogP contribution in [0, 0.1) is 5.82 Å². The molecule has 2 rings (SSSR count). The van der Waals surface area contributed by atoms with Crippen molar-refractivity contribution in [3.63, 3.8) is 0 Å². The minimum Gasteiger partial charge on any atom is -0.496 e. The van der Waals surface area contributed by atoms with Crippen molar-refractivity contribution < 1.29 is 9.13 Å². The van der Waals surface area contributed by atoms with Gasteiger partial charge >= 0.3 is 0 Å². The second kappa shape index (κ2) is 5.33. The molecule has 0 amide bonds. The molecule has 84 valence electrons. The van der Waals surface area contributed by atoms with E-state index in [1.165, 1.54) is 6.07 Å². The van der Waals surface area contributed by atoms with E-state index < -0.39 is 0 Å². The molecule has 1 N–H and O–H groups in total. The summed E-state index contributed by atoms with van der Waals surface area (Å²) in [5.41, 5.74) is 0.674. The van der Waals surface area contributed by atoms with Crippen LogP contribution in [0.5, 0.6) is 5.75 Å². The number of hydrogen-bond acceptors (Lipinski definition) is 2. The fourth-order valence-electron chi connectivity index (χ4n) is 1.96. The second-order valence-corrected chi connectivity index (χ2v) is 3.50. The van der Waals surface area contributed by atoms with E-state index in [-0.39, 0.29) is 24.3 Å². The van der Waals surface area contributed by atoms with Crippen molar-refractivity contribution in [2.45, 2.75) is 18.9 Å². The zero-order valence-electron chi connectivity index (χ0n) is 8.63. The molecule has 1 aromatic rings. The summed E-state index contributed by atoms with van der Waals surface area (Å²) in [5, 5.41) is 3.27. The van der Waals surface area contributed by atoms with Crippen LogP contribution >= 0.6 is 12.4 Å². The van der Waals surface area contributed by atoms with Gasteiger partial charge < -0.3 is 10.1 Å². The van der Waals surface area contributed by atoms with Gasteiger partial charge in [0.2, 0.25) is 0 Å². The Bertz CT molecular complexity index is 326. The molecule has 0 bridgehead atoms. The smallest absolute Gasteiger partial charge is 0.131 e. The summed E-state index contributed by atoms with van der Waals surface area (Å²) >= 11 is 0. The number of methoxy groups -OCH3 is 1. The quantitative estimate of drug-likeness (QED) is 0.845. The maximum Gasteiger partial charge on any atom is 0.131 e. The van der Waals surface area contributed by atoms with Crippen molar-refractivity contribution >= 4 is 12.4 Å². The van der Waals surface area contributed by atoms with Gasteiger partial charge in [0.1, 0.15) is 11.6 Å². The second-order valence-electron chi connectivity index (χ2n) is 3.50. The Hall–Kier alpha value is -0.800. The van der Waals surface area contributed by atoms with E-state index >= 15 is 0 Å². The molecule has 0 saturated carbocycles. The monoisotopic (exact) mass is 231 g/mol. The predicted molar refractivity (Wildman–Crippen MR) is 60.2 cm³/mol. The van der Waals surface area contributed by atoms with Crippen molar-refractivity contribution in [3.05, 3.63) is 29.6 Å². The van der Waals surface area contributed by atoms with Gasteiger partial charge in [-0.1, -0.05) is 6.07 Å². The first kappa shape index (κ1) is 12.3. The van der Waals surface area contributed by atoms with Crippen molar-refractivity contribution in [2.75, 3.05) is 13.7 Å². The Morgan fingerprint density at radius 2 is 2.27 bits per heavy atom. The summed E-state index contributed by atoms with van der Waals surface area (Å²) < 4.78 is 18.7. The summed E-state index contributed by atoms with van der Waals surface area (Å²) in [6.07, 6.45) is 2.08. The third kappa shape index (κ3) is 2.41. The average Bonchev–Trinajstić information content (AvgIpc) is 2.70. The van der Waals surface area contributed by atoms with Crippen molar-refractivity contribution in [2.24, 2.45) is 0 Å². The number of nitrogens with one attached hydrogen (secondary N) is 1. The summed E-state index contributed by atoms with van der Waals surface area (Å²) in [7, 11) is 1.58. The molecule has 0 spiro atoms. The Morgan fingerprint density at radius 1 is 1.47 bits per heavy atom. The average molecular weight is 232 g/mol. The molecule has 1 aliphatic heterocycles. The highest BCUT2D eigenvalue weighted by Gasteiger charge is 2.22. The molecular formula is C11H15ClFNO. The fraction of sp³-hybridized carbons (Fsp3) is 0.455. The molecule has 1 fully saturated rings. The zero-order valence-corrected chi connectivity index (χ0v) is 9.44. The molecular weight excluding hydrogens is 217 g/mol. The first-order valence-corrected chi connectivity index (χ1v) is 4.88. The number of benzene rings is 1. The van der Waals surface area contributed by atoms with Gasteiger partial charge in [-0.25, -0.2) is 4.39 Å². The van der Waals surface area contributed by atoms with Crippen LogP contribution in [-0.4, -0.2) is 13.7 Å². The summed E-state index contributed by atoms with van der Waals surface area (Å²) in [6, 6.07) is 5.08. The van der Waals surface area contributed by atoms with Crippen LogP contribution < -0.4 is 10.1 Å². The lowest BCUT2D eigenvalue weighted by atomic mass is 10.0. The van der Waals surface area contributed by atoms with Crippen LogP contribution in [0.25, 0.3) is 0 Å². The minimum absolute atomic E-state index is 0. The molecule has 1 aromatic carbocycles. The van der Waals surface area contributed by atoms with Gasteiger partial charge in [-0.05, 0) is 31.5 Å². The van der Waals surface area contributed by atoms with E-state index in [1.54, 1.807) is 19.2 Å². The van der Waals surface area contributed by atoms with Crippen LogP contribution in [0.4, 0.5) is 4.39 Å². The fourth-order valence-corrected chi connectivity index (χ4v) is 1.96. The lowest BCUT2D eigenvalue weighted by Gasteiger charge is -2.15. The van der Waals surface area contributed by atoms with E-state index in [0.717, 1.165) is 19.4 Å². The molecule has 4 heteroatoms. The Balaban J connectivity index is 0.00000112. The topological polar surface area (TPSA) is 21.3 Å². The number of ether oxygens (including phenoxy) is 1. The van der Waals surface area contributed by atoms with E-state index in [2.05, 4.69) is 5.32 Å². The first-order valence-electron chi connectivity index (χ1n) is 4.88. The highest BCUT2D eigenvalue weighted by atomic mass is 35.5. The SMILES string of the molecule is COc1cccc(F)c1[C@@H]1CCCN1.Cl. The molecule has 0 unspecified atom stereocenters. The molecule has 2 nitrogen and oxygen atoms in total. The van der Waals surface area contributed by atoms with Gasteiger partial charge in [0.15, 0.2) is 0 Å². The summed E-state index contributed by atoms with van der Waals surface area (Å²) in [6.45, 7) is 0.960. The van der Waals surface area contributed by atoms with E-state index in [4.69, 9.17) is 4.74 Å². The zero-order chi connectivity index (χ0) is 9.97. The Morgan fingerprint density at radius 3 is 2.87 bits per heavy atom. The van der Waals surface area contributed by atoms with Gasteiger partial charge in [-0.2, -0.15) is 0 Å². The van der Waals surface area contributed by atoms with Crippen LogP contribution in [-0.2, 0) is 0 Å². The molecule has 0 aromatic heterocycles. The van der Waals surface area contributed by atoms with Crippen LogP contribution in [0.15, 0.2) is 18.2 Å². The molecule has 1 atom stereocenters. The molecule has 0 aliphatic carbocycles. The van der Waals surface area contributed by atoms with Crippen LogP contribution in [0.2, 0.25) is 0 Å². The van der Waals surface area contributed by atoms with Crippen molar-refractivity contribution in [3.8, 4) is 5.75 Å². The van der Waals surface area contributed by atoms with E-state index in [1.807, 2.05) is 0 Å². The third-order valence-electron chi connectivity index (χ3n) is 2.64. The van der Waals surface area contributed by atoms with Gasteiger partial charge in [0.05, 0.1) is 7.11 Å². The maximum atomic E-state index is 13.6. The Labute approximate surface area is 95.2 Å². The van der Waals surface area contributed by atoms with E-state index in [9.17, 15) is 4.39 Å². The van der Waals surface area contributed by atoms with E-state index in [0.29, 0.717) is 11.3 Å². The van der Waals surface area contributed by atoms with Crippen molar-refractivity contribution in [1.29, 1.82) is 0 Å². The number of hydrogen-bond donors (Lipinski definition) is 1. The highest BCUT2D eigenvalue weighted by Crippen LogP contribution is 2.32. The van der Waals surface area contributed by atoms with Crippen molar-refractivity contribution in [1.82, 2.24) is 5.32 Å². The summed E-state index contributed by atoms with van der Waals surface area (Å²) in [5.74, 6) is 0.466. The molecule has 1 aliphatic rings. The lowest BCUT2D eigenvalue weighted by Crippen LogP contribution is -2.15. The highest BCUT2D eigenvalue weighted by molar-refractivity contribution is 5.85. The van der Waals surface area contributed by atoms with Gasteiger partial charge in [0, 0.05) is 11.6 Å². The largest absolute Gasteiger partial charge is 0.496 e.